The first-order chi connectivity index (χ1) is 15.2. The first kappa shape index (κ1) is 21.6. The number of benzene rings is 1. The zero-order valence-electron chi connectivity index (χ0n) is 18.9. The minimum Gasteiger partial charge on any atom is -0.357 e. The van der Waals surface area contributed by atoms with Crippen molar-refractivity contribution in [3.8, 4) is 0 Å². The Labute approximate surface area is 186 Å². The van der Waals surface area contributed by atoms with Gasteiger partial charge in [-0.3, -0.25) is 4.90 Å². The molecule has 2 fully saturated rings. The number of rotatable bonds is 7. The SMILES string of the molecule is CCNC(=NCc1ccnc(N2CCCC2)c1)NC1CC(C)N(Cc2ccccc2)C1. The number of aromatic nitrogens is 1. The highest BCUT2D eigenvalue weighted by atomic mass is 15.3. The summed E-state index contributed by atoms with van der Waals surface area (Å²) in [6.45, 7) is 10.2. The van der Waals surface area contributed by atoms with E-state index in [4.69, 9.17) is 4.99 Å². The molecule has 4 rings (SSSR count). The smallest absolute Gasteiger partial charge is 0.191 e. The van der Waals surface area contributed by atoms with Crippen molar-refractivity contribution in [1.29, 1.82) is 0 Å². The Hall–Kier alpha value is -2.60. The highest BCUT2D eigenvalue weighted by Crippen LogP contribution is 2.21. The maximum atomic E-state index is 4.88. The van der Waals surface area contributed by atoms with Crippen molar-refractivity contribution in [1.82, 2.24) is 20.5 Å². The lowest BCUT2D eigenvalue weighted by atomic mass is 10.2. The largest absolute Gasteiger partial charge is 0.357 e. The highest BCUT2D eigenvalue weighted by Gasteiger charge is 2.29. The van der Waals surface area contributed by atoms with Crippen LogP contribution in [0.2, 0.25) is 0 Å². The maximum Gasteiger partial charge on any atom is 0.191 e. The molecule has 31 heavy (non-hydrogen) atoms. The van der Waals surface area contributed by atoms with Crippen LogP contribution in [0.1, 0.15) is 44.2 Å². The molecule has 1 aromatic heterocycles. The Morgan fingerprint density at radius 2 is 1.94 bits per heavy atom. The highest BCUT2D eigenvalue weighted by molar-refractivity contribution is 5.80. The van der Waals surface area contributed by atoms with Gasteiger partial charge in [0.05, 0.1) is 6.54 Å². The number of nitrogens with one attached hydrogen (secondary N) is 2. The van der Waals surface area contributed by atoms with Gasteiger partial charge in [0.2, 0.25) is 0 Å². The van der Waals surface area contributed by atoms with E-state index >= 15 is 0 Å². The van der Waals surface area contributed by atoms with Gasteiger partial charge >= 0.3 is 0 Å². The molecule has 0 radical (unpaired) electrons. The Balaban J connectivity index is 1.35. The van der Waals surface area contributed by atoms with E-state index in [1.54, 1.807) is 0 Å². The lowest BCUT2D eigenvalue weighted by molar-refractivity contribution is 0.258. The fraction of sp³-hybridized carbons (Fsp3) is 0.520. The second-order valence-electron chi connectivity index (χ2n) is 8.75. The van der Waals surface area contributed by atoms with Crippen molar-refractivity contribution in [3.63, 3.8) is 0 Å². The van der Waals surface area contributed by atoms with E-state index in [1.165, 1.54) is 24.0 Å². The summed E-state index contributed by atoms with van der Waals surface area (Å²) in [4.78, 5) is 14.4. The topological polar surface area (TPSA) is 55.8 Å². The molecule has 0 saturated carbocycles. The molecule has 2 atom stereocenters. The van der Waals surface area contributed by atoms with E-state index in [0.717, 1.165) is 50.9 Å². The molecule has 0 amide bonds. The van der Waals surface area contributed by atoms with Crippen LogP contribution in [0.4, 0.5) is 5.82 Å². The normalized spacial score (nSPS) is 22.1. The summed E-state index contributed by atoms with van der Waals surface area (Å²) in [6, 6.07) is 16.0. The Morgan fingerprint density at radius 3 is 2.71 bits per heavy atom. The first-order valence-corrected chi connectivity index (χ1v) is 11.7. The van der Waals surface area contributed by atoms with Crippen LogP contribution in [0.25, 0.3) is 0 Å². The van der Waals surface area contributed by atoms with Gasteiger partial charge in [-0.2, -0.15) is 0 Å². The van der Waals surface area contributed by atoms with E-state index in [1.807, 2.05) is 6.20 Å². The van der Waals surface area contributed by atoms with E-state index in [9.17, 15) is 0 Å². The van der Waals surface area contributed by atoms with Crippen LogP contribution in [0.15, 0.2) is 53.7 Å². The van der Waals surface area contributed by atoms with E-state index in [-0.39, 0.29) is 0 Å². The van der Waals surface area contributed by atoms with E-state index in [0.29, 0.717) is 18.6 Å². The maximum absolute atomic E-state index is 4.88. The summed E-state index contributed by atoms with van der Waals surface area (Å²) in [6.07, 6.45) is 5.57. The molecule has 2 saturated heterocycles. The van der Waals surface area contributed by atoms with Crippen LogP contribution in [-0.2, 0) is 13.1 Å². The Morgan fingerprint density at radius 1 is 1.13 bits per heavy atom. The van der Waals surface area contributed by atoms with Gasteiger partial charge in [0, 0.05) is 51.0 Å². The predicted molar refractivity (Wildman–Crippen MR) is 128 cm³/mol. The predicted octanol–water partition coefficient (Wildman–Crippen LogP) is 3.40. The van der Waals surface area contributed by atoms with Gasteiger partial charge in [-0.1, -0.05) is 30.3 Å². The lowest BCUT2D eigenvalue weighted by Gasteiger charge is -2.21. The summed E-state index contributed by atoms with van der Waals surface area (Å²) >= 11 is 0. The van der Waals surface area contributed by atoms with Crippen LogP contribution in [0.3, 0.4) is 0 Å². The van der Waals surface area contributed by atoms with Gasteiger partial charge in [0.15, 0.2) is 5.96 Å². The molecule has 2 unspecified atom stereocenters. The van der Waals surface area contributed by atoms with Gasteiger partial charge in [-0.15, -0.1) is 0 Å². The van der Waals surface area contributed by atoms with Crippen molar-refractivity contribution in [2.45, 2.75) is 58.3 Å². The molecular formula is C25H36N6. The molecular weight excluding hydrogens is 384 g/mol. The van der Waals surface area contributed by atoms with Crippen LogP contribution < -0.4 is 15.5 Å². The van der Waals surface area contributed by atoms with Crippen molar-refractivity contribution >= 4 is 11.8 Å². The van der Waals surface area contributed by atoms with Gasteiger partial charge < -0.3 is 15.5 Å². The van der Waals surface area contributed by atoms with Crippen LogP contribution >= 0.6 is 0 Å². The molecule has 0 aliphatic carbocycles. The first-order valence-electron chi connectivity index (χ1n) is 11.7. The summed E-state index contributed by atoms with van der Waals surface area (Å²) in [7, 11) is 0. The summed E-state index contributed by atoms with van der Waals surface area (Å²) in [5, 5.41) is 7.10. The van der Waals surface area contributed by atoms with Crippen LogP contribution in [0, 0.1) is 0 Å². The van der Waals surface area contributed by atoms with Crippen molar-refractivity contribution < 1.29 is 0 Å². The Kier molecular flexibility index (Phi) is 7.41. The number of likely N-dealkylation sites (tertiary alicyclic amines) is 1. The lowest BCUT2D eigenvalue weighted by Crippen LogP contribution is -2.44. The Bertz CT molecular complexity index is 846. The molecule has 166 valence electrons. The summed E-state index contributed by atoms with van der Waals surface area (Å²) in [5.74, 6) is 1.99. The molecule has 0 bridgehead atoms. The monoisotopic (exact) mass is 420 g/mol. The van der Waals surface area contributed by atoms with Crippen molar-refractivity contribution in [3.05, 3.63) is 59.8 Å². The average molecular weight is 421 g/mol. The minimum absolute atomic E-state index is 0.411. The van der Waals surface area contributed by atoms with Crippen LogP contribution in [-0.4, -0.2) is 54.1 Å². The van der Waals surface area contributed by atoms with Crippen LogP contribution in [0.5, 0.6) is 0 Å². The number of hydrogen-bond donors (Lipinski definition) is 2. The third-order valence-electron chi connectivity index (χ3n) is 6.28. The number of aliphatic imine (C=N–C) groups is 1. The fourth-order valence-corrected chi connectivity index (χ4v) is 4.60. The third-order valence-corrected chi connectivity index (χ3v) is 6.28. The zero-order chi connectivity index (χ0) is 21.5. The summed E-state index contributed by atoms with van der Waals surface area (Å²) < 4.78 is 0. The summed E-state index contributed by atoms with van der Waals surface area (Å²) in [5.41, 5.74) is 2.58. The fourth-order valence-electron chi connectivity index (χ4n) is 4.60. The van der Waals surface area contributed by atoms with Gasteiger partial charge in [0.25, 0.3) is 0 Å². The molecule has 6 heteroatoms. The molecule has 2 aliphatic rings. The number of hydrogen-bond acceptors (Lipinski definition) is 4. The molecule has 6 nitrogen and oxygen atoms in total. The standard InChI is InChI=1S/C25H36N6/c1-3-26-25(28-17-22-11-12-27-24(16-22)30-13-7-8-14-30)29-23-15-20(2)31(19-23)18-21-9-5-4-6-10-21/h4-6,9-12,16,20,23H,3,7-8,13-15,17-19H2,1-2H3,(H2,26,28,29). The zero-order valence-corrected chi connectivity index (χ0v) is 18.9. The number of anilines is 1. The second-order valence-corrected chi connectivity index (χ2v) is 8.75. The number of nitrogens with zero attached hydrogens (tertiary/aromatic N) is 4. The number of pyridine rings is 1. The molecule has 2 N–H and O–H groups in total. The van der Waals surface area contributed by atoms with Gasteiger partial charge in [-0.05, 0) is 56.4 Å². The van der Waals surface area contributed by atoms with Gasteiger partial charge in [-0.25, -0.2) is 9.98 Å². The molecule has 1 aromatic carbocycles. The molecule has 2 aromatic rings. The van der Waals surface area contributed by atoms with Crippen molar-refractivity contribution in [2.24, 2.45) is 4.99 Å². The quantitative estimate of drug-likeness (QED) is 0.531. The molecule has 0 spiro atoms. The molecule has 2 aliphatic heterocycles. The van der Waals surface area contributed by atoms with E-state index in [2.05, 4.69) is 81.7 Å². The minimum atomic E-state index is 0.411. The van der Waals surface area contributed by atoms with E-state index < -0.39 is 0 Å². The molecule has 3 heterocycles. The number of guanidine groups is 1. The van der Waals surface area contributed by atoms with Gasteiger partial charge in [0.1, 0.15) is 5.82 Å². The second kappa shape index (κ2) is 10.6. The third kappa shape index (κ3) is 5.97. The average Bonchev–Trinajstić information content (AvgIpc) is 3.44. The van der Waals surface area contributed by atoms with Crippen molar-refractivity contribution in [2.75, 3.05) is 31.1 Å².